The fraction of sp³-hybridized carbons (Fsp3) is 0.850. The molecule has 1 N–H and O–H groups in total. The van der Waals surface area contributed by atoms with Gasteiger partial charge in [-0.1, -0.05) is 19.3 Å². The van der Waals surface area contributed by atoms with Crippen LogP contribution in [0.25, 0.3) is 0 Å². The van der Waals surface area contributed by atoms with E-state index < -0.39 is 11.7 Å². The molecular formula is C20H34N2O5. The Hall–Kier alpha value is -1.79. The maximum Gasteiger partial charge on any atom is 0.410 e. The van der Waals surface area contributed by atoms with Gasteiger partial charge in [-0.05, 0) is 53.4 Å². The number of carbonyl (C=O) groups excluding carboxylic acids is 3. The van der Waals surface area contributed by atoms with Crippen LogP contribution in [-0.4, -0.2) is 53.7 Å². The Balaban J connectivity index is 1.73. The maximum atomic E-state index is 12.4. The van der Waals surface area contributed by atoms with Gasteiger partial charge in [0.15, 0.2) is 6.10 Å². The van der Waals surface area contributed by atoms with Crippen LogP contribution in [0.1, 0.15) is 72.6 Å². The Morgan fingerprint density at radius 2 is 1.59 bits per heavy atom. The number of hydrogen-bond donors (Lipinski definition) is 1. The maximum absolute atomic E-state index is 12.4. The summed E-state index contributed by atoms with van der Waals surface area (Å²) in [5, 5.41) is 2.99. The zero-order valence-electron chi connectivity index (χ0n) is 17.1. The molecule has 0 spiro atoms. The summed E-state index contributed by atoms with van der Waals surface area (Å²) in [6, 6.07) is 0.199. The first kappa shape index (κ1) is 21.5. The molecule has 0 aromatic heterocycles. The zero-order valence-corrected chi connectivity index (χ0v) is 17.1. The molecular weight excluding hydrogens is 348 g/mol. The summed E-state index contributed by atoms with van der Waals surface area (Å²) in [6.45, 7) is 8.01. The lowest BCUT2D eigenvalue weighted by atomic mass is 9.95. The summed E-state index contributed by atoms with van der Waals surface area (Å²) >= 11 is 0. The molecule has 2 rings (SSSR count). The molecule has 0 radical (unpaired) electrons. The predicted molar refractivity (Wildman–Crippen MR) is 101 cm³/mol. The summed E-state index contributed by atoms with van der Waals surface area (Å²) in [7, 11) is 0. The minimum atomic E-state index is -0.789. The van der Waals surface area contributed by atoms with E-state index in [0.717, 1.165) is 25.7 Å². The lowest BCUT2D eigenvalue weighted by Gasteiger charge is -2.33. The van der Waals surface area contributed by atoms with E-state index in [1.54, 1.807) is 11.8 Å². The lowest BCUT2D eigenvalue weighted by molar-refractivity contribution is -0.160. The van der Waals surface area contributed by atoms with Crippen LogP contribution < -0.4 is 5.32 Å². The van der Waals surface area contributed by atoms with E-state index in [2.05, 4.69) is 5.32 Å². The highest BCUT2D eigenvalue weighted by molar-refractivity contribution is 5.84. The van der Waals surface area contributed by atoms with Crippen molar-refractivity contribution in [2.75, 3.05) is 13.1 Å². The first-order valence-corrected chi connectivity index (χ1v) is 10.1. The molecule has 7 nitrogen and oxygen atoms in total. The predicted octanol–water partition coefficient (Wildman–Crippen LogP) is 3.01. The SMILES string of the molecule is C[C@H](OC(=O)C1CCN(C(=O)OC(C)(C)C)CC1)C(=O)NC1CCCCC1. The topological polar surface area (TPSA) is 84.9 Å². The average Bonchev–Trinajstić information content (AvgIpc) is 2.61. The molecule has 154 valence electrons. The summed E-state index contributed by atoms with van der Waals surface area (Å²) in [4.78, 5) is 38.3. The van der Waals surface area contributed by atoms with Gasteiger partial charge in [0, 0.05) is 19.1 Å². The standard InChI is InChI=1S/C20H34N2O5/c1-14(17(23)21-16-8-6-5-7-9-16)26-18(24)15-10-12-22(13-11-15)19(25)27-20(2,3)4/h14-16H,5-13H2,1-4H3,(H,21,23)/t14-/m0/s1. The largest absolute Gasteiger partial charge is 0.452 e. The molecule has 1 aliphatic heterocycles. The quantitative estimate of drug-likeness (QED) is 0.756. The number of amides is 2. The van der Waals surface area contributed by atoms with Gasteiger partial charge in [-0.3, -0.25) is 9.59 Å². The number of piperidine rings is 1. The fourth-order valence-corrected chi connectivity index (χ4v) is 3.51. The Labute approximate surface area is 162 Å². The second-order valence-corrected chi connectivity index (χ2v) is 8.66. The van der Waals surface area contributed by atoms with Crippen molar-refractivity contribution in [3.8, 4) is 0 Å². The van der Waals surface area contributed by atoms with Crippen molar-refractivity contribution in [2.45, 2.75) is 90.4 Å². The molecule has 0 aromatic rings. The number of carbonyl (C=O) groups is 3. The molecule has 2 fully saturated rings. The zero-order chi connectivity index (χ0) is 20.0. The van der Waals surface area contributed by atoms with Crippen molar-refractivity contribution in [2.24, 2.45) is 5.92 Å². The molecule has 0 aromatic carbocycles. The highest BCUT2D eigenvalue weighted by Crippen LogP contribution is 2.22. The van der Waals surface area contributed by atoms with Crippen LogP contribution in [0.4, 0.5) is 4.79 Å². The number of rotatable bonds is 4. The van der Waals surface area contributed by atoms with Gasteiger partial charge >= 0.3 is 12.1 Å². The average molecular weight is 383 g/mol. The van der Waals surface area contributed by atoms with Gasteiger partial charge in [-0.25, -0.2) is 4.79 Å². The summed E-state index contributed by atoms with van der Waals surface area (Å²) in [5.74, 6) is -0.861. The fourth-order valence-electron chi connectivity index (χ4n) is 3.51. The van der Waals surface area contributed by atoms with E-state index in [1.807, 2.05) is 20.8 Å². The van der Waals surface area contributed by atoms with Gasteiger partial charge in [0.2, 0.25) is 0 Å². The number of ether oxygens (including phenoxy) is 2. The highest BCUT2D eigenvalue weighted by Gasteiger charge is 2.32. The van der Waals surface area contributed by atoms with Crippen LogP contribution in [0.15, 0.2) is 0 Å². The van der Waals surface area contributed by atoms with Crippen molar-refractivity contribution in [1.82, 2.24) is 10.2 Å². The molecule has 1 saturated carbocycles. The van der Waals surface area contributed by atoms with E-state index >= 15 is 0 Å². The Kier molecular flexibility index (Phi) is 7.50. The molecule has 2 amide bonds. The minimum absolute atomic E-state index is 0.199. The molecule has 1 atom stereocenters. The third-order valence-corrected chi connectivity index (χ3v) is 5.09. The van der Waals surface area contributed by atoms with Crippen LogP contribution in [0, 0.1) is 5.92 Å². The van der Waals surface area contributed by atoms with Crippen LogP contribution in [-0.2, 0) is 19.1 Å². The molecule has 1 heterocycles. The number of hydrogen-bond acceptors (Lipinski definition) is 5. The van der Waals surface area contributed by atoms with Crippen molar-refractivity contribution < 1.29 is 23.9 Å². The number of nitrogens with one attached hydrogen (secondary N) is 1. The molecule has 0 bridgehead atoms. The van der Waals surface area contributed by atoms with Crippen molar-refractivity contribution in [3.05, 3.63) is 0 Å². The van der Waals surface area contributed by atoms with Crippen molar-refractivity contribution in [1.29, 1.82) is 0 Å². The molecule has 2 aliphatic rings. The van der Waals surface area contributed by atoms with E-state index in [4.69, 9.17) is 9.47 Å². The number of likely N-dealkylation sites (tertiary alicyclic amines) is 1. The molecule has 1 saturated heterocycles. The van der Waals surface area contributed by atoms with Gasteiger partial charge in [0.05, 0.1) is 5.92 Å². The molecule has 27 heavy (non-hydrogen) atoms. The number of nitrogens with zero attached hydrogens (tertiary/aromatic N) is 1. The van der Waals surface area contributed by atoms with Crippen molar-refractivity contribution in [3.63, 3.8) is 0 Å². The monoisotopic (exact) mass is 382 g/mol. The van der Waals surface area contributed by atoms with Gasteiger partial charge < -0.3 is 19.7 Å². The van der Waals surface area contributed by atoms with Crippen molar-refractivity contribution >= 4 is 18.0 Å². The summed E-state index contributed by atoms with van der Waals surface area (Å²) in [6.07, 6.45) is 5.39. The highest BCUT2D eigenvalue weighted by atomic mass is 16.6. The third-order valence-electron chi connectivity index (χ3n) is 5.09. The van der Waals surface area contributed by atoms with Gasteiger partial charge in [-0.2, -0.15) is 0 Å². The van der Waals surface area contributed by atoms with Gasteiger partial charge in [-0.15, -0.1) is 0 Å². The van der Waals surface area contributed by atoms with E-state index in [-0.39, 0.29) is 29.9 Å². The van der Waals surface area contributed by atoms with E-state index in [1.165, 1.54) is 6.42 Å². The summed E-state index contributed by atoms with van der Waals surface area (Å²) < 4.78 is 10.7. The third kappa shape index (κ3) is 7.03. The second kappa shape index (κ2) is 9.42. The Bertz CT molecular complexity index is 529. The first-order valence-electron chi connectivity index (χ1n) is 10.1. The van der Waals surface area contributed by atoms with Crippen LogP contribution in [0.2, 0.25) is 0 Å². The molecule has 0 unspecified atom stereocenters. The normalized spacial score (nSPS) is 20.7. The first-order chi connectivity index (χ1) is 12.7. The Morgan fingerprint density at radius 1 is 1.00 bits per heavy atom. The number of esters is 1. The van der Waals surface area contributed by atoms with E-state index in [0.29, 0.717) is 25.9 Å². The minimum Gasteiger partial charge on any atom is -0.452 e. The Morgan fingerprint density at radius 3 is 2.15 bits per heavy atom. The molecule has 1 aliphatic carbocycles. The lowest BCUT2D eigenvalue weighted by Crippen LogP contribution is -2.45. The molecule has 7 heteroatoms. The summed E-state index contributed by atoms with van der Waals surface area (Å²) in [5.41, 5.74) is -0.534. The van der Waals surface area contributed by atoms with Crippen LogP contribution in [0.3, 0.4) is 0 Å². The van der Waals surface area contributed by atoms with E-state index in [9.17, 15) is 14.4 Å². The van der Waals surface area contributed by atoms with Gasteiger partial charge in [0.1, 0.15) is 5.60 Å². The van der Waals surface area contributed by atoms with Crippen LogP contribution in [0.5, 0.6) is 0 Å². The van der Waals surface area contributed by atoms with Crippen LogP contribution >= 0.6 is 0 Å². The second-order valence-electron chi connectivity index (χ2n) is 8.66. The smallest absolute Gasteiger partial charge is 0.410 e. The van der Waals surface area contributed by atoms with Gasteiger partial charge in [0.25, 0.3) is 5.91 Å².